The monoisotopic (exact) mass is 355 g/mol. The van der Waals surface area contributed by atoms with E-state index in [0.29, 0.717) is 23.8 Å². The number of hydrogen-bond acceptors (Lipinski definition) is 8. The van der Waals surface area contributed by atoms with Crippen molar-refractivity contribution in [1.82, 2.24) is 10.3 Å². The lowest BCUT2D eigenvalue weighted by atomic mass is 10.3. The van der Waals surface area contributed by atoms with E-state index < -0.39 is 24.6 Å². The standard InChI is InChI=1S/C14H17N3O6S/c1-2-22-14(21)16-10(18)7-23-12(20)6-9-8-24-13(15-9)17-5-3-4-11(17)19/h8H,2-7H2,1H3,(H,16,18,21). The number of nitrogens with zero attached hydrogens (tertiary/aromatic N) is 2. The molecule has 0 aliphatic carbocycles. The fourth-order valence-corrected chi connectivity index (χ4v) is 2.88. The van der Waals surface area contributed by atoms with Crippen LogP contribution in [0.2, 0.25) is 0 Å². The van der Waals surface area contributed by atoms with Crippen LogP contribution < -0.4 is 10.2 Å². The normalized spacial score (nSPS) is 13.7. The summed E-state index contributed by atoms with van der Waals surface area (Å²) < 4.78 is 9.29. The molecule has 0 unspecified atom stereocenters. The summed E-state index contributed by atoms with van der Waals surface area (Å²) in [7, 11) is 0. The third-order valence-electron chi connectivity index (χ3n) is 3.05. The van der Waals surface area contributed by atoms with E-state index >= 15 is 0 Å². The third kappa shape index (κ3) is 5.01. The second-order valence-electron chi connectivity index (χ2n) is 4.88. The molecule has 1 aliphatic heterocycles. The zero-order chi connectivity index (χ0) is 17.5. The lowest BCUT2D eigenvalue weighted by Gasteiger charge is -2.10. The Morgan fingerprint density at radius 3 is 2.83 bits per heavy atom. The predicted molar refractivity (Wildman–Crippen MR) is 83.5 cm³/mol. The van der Waals surface area contributed by atoms with Gasteiger partial charge >= 0.3 is 12.1 Å². The highest BCUT2D eigenvalue weighted by molar-refractivity contribution is 7.14. The summed E-state index contributed by atoms with van der Waals surface area (Å²) >= 11 is 1.28. The highest BCUT2D eigenvalue weighted by Gasteiger charge is 2.24. The Morgan fingerprint density at radius 2 is 2.17 bits per heavy atom. The molecular formula is C14H17N3O6S. The van der Waals surface area contributed by atoms with Crippen LogP contribution in [0.25, 0.3) is 0 Å². The van der Waals surface area contributed by atoms with Crippen molar-refractivity contribution in [2.45, 2.75) is 26.2 Å². The molecule has 0 radical (unpaired) electrons. The molecule has 2 heterocycles. The van der Waals surface area contributed by atoms with Gasteiger partial charge in [0.15, 0.2) is 11.7 Å². The van der Waals surface area contributed by atoms with Crippen LogP contribution in [-0.2, 0) is 30.3 Å². The number of hydrogen-bond donors (Lipinski definition) is 1. The molecule has 1 fully saturated rings. The highest BCUT2D eigenvalue weighted by Crippen LogP contribution is 2.25. The fraction of sp³-hybridized carbons (Fsp3) is 0.500. The Kier molecular flexibility index (Phi) is 6.24. The molecule has 1 saturated heterocycles. The van der Waals surface area contributed by atoms with Gasteiger partial charge in [-0.3, -0.25) is 24.6 Å². The van der Waals surface area contributed by atoms with Gasteiger partial charge in [0.05, 0.1) is 18.7 Å². The number of esters is 1. The van der Waals surface area contributed by atoms with Gasteiger partial charge < -0.3 is 9.47 Å². The quantitative estimate of drug-likeness (QED) is 0.744. The molecule has 3 amide bonds. The molecule has 24 heavy (non-hydrogen) atoms. The zero-order valence-electron chi connectivity index (χ0n) is 13.1. The smallest absolute Gasteiger partial charge is 0.413 e. The molecule has 0 bridgehead atoms. The maximum Gasteiger partial charge on any atom is 0.413 e. The second-order valence-corrected chi connectivity index (χ2v) is 5.71. The Bertz CT molecular complexity index is 644. The van der Waals surface area contributed by atoms with Crippen LogP contribution in [0.5, 0.6) is 0 Å². The summed E-state index contributed by atoms with van der Waals surface area (Å²) in [6.45, 7) is 1.77. The lowest BCUT2D eigenvalue weighted by molar-refractivity contribution is -0.147. The molecule has 0 saturated carbocycles. The van der Waals surface area contributed by atoms with Gasteiger partial charge in [-0.15, -0.1) is 11.3 Å². The van der Waals surface area contributed by atoms with Gasteiger partial charge in [0.1, 0.15) is 0 Å². The third-order valence-corrected chi connectivity index (χ3v) is 3.96. The summed E-state index contributed by atoms with van der Waals surface area (Å²) in [6, 6.07) is 0. The number of carbonyl (C=O) groups excluding carboxylic acids is 4. The molecule has 1 aromatic heterocycles. The minimum atomic E-state index is -0.891. The average molecular weight is 355 g/mol. The van der Waals surface area contributed by atoms with E-state index in [4.69, 9.17) is 4.74 Å². The van der Waals surface area contributed by atoms with Gasteiger partial charge in [-0.25, -0.2) is 9.78 Å². The van der Waals surface area contributed by atoms with E-state index in [1.807, 2.05) is 5.32 Å². The topological polar surface area (TPSA) is 115 Å². The van der Waals surface area contributed by atoms with E-state index in [-0.39, 0.29) is 18.9 Å². The molecular weight excluding hydrogens is 338 g/mol. The van der Waals surface area contributed by atoms with Gasteiger partial charge in [-0.1, -0.05) is 0 Å². The van der Waals surface area contributed by atoms with Gasteiger partial charge in [-0.2, -0.15) is 0 Å². The first-order valence-corrected chi connectivity index (χ1v) is 8.24. The molecule has 0 aromatic carbocycles. The van der Waals surface area contributed by atoms with Crippen LogP contribution in [0, 0.1) is 0 Å². The summed E-state index contributed by atoms with van der Waals surface area (Å²) in [5, 5.41) is 4.13. The molecule has 130 valence electrons. The van der Waals surface area contributed by atoms with Gasteiger partial charge in [-0.05, 0) is 13.3 Å². The van der Waals surface area contributed by atoms with Crippen molar-refractivity contribution >= 4 is 40.3 Å². The van der Waals surface area contributed by atoms with E-state index in [1.165, 1.54) is 11.3 Å². The number of rotatable bonds is 6. The van der Waals surface area contributed by atoms with Gasteiger partial charge in [0.2, 0.25) is 5.91 Å². The Hall–Kier alpha value is -2.49. The number of alkyl carbamates (subject to hydrolysis) is 1. The van der Waals surface area contributed by atoms with E-state index in [0.717, 1.165) is 6.42 Å². The molecule has 0 spiro atoms. The molecule has 1 aliphatic rings. The van der Waals surface area contributed by atoms with Crippen LogP contribution in [0.4, 0.5) is 9.93 Å². The largest absolute Gasteiger partial charge is 0.455 e. The number of imide groups is 1. The van der Waals surface area contributed by atoms with Crippen molar-refractivity contribution < 1.29 is 28.7 Å². The minimum absolute atomic E-state index is 0.0223. The van der Waals surface area contributed by atoms with E-state index in [2.05, 4.69) is 9.72 Å². The maximum atomic E-state index is 11.7. The molecule has 9 nitrogen and oxygen atoms in total. The van der Waals surface area contributed by atoms with E-state index in [9.17, 15) is 19.2 Å². The number of aromatic nitrogens is 1. The summed E-state index contributed by atoms with van der Waals surface area (Å²) in [6.07, 6.45) is 0.293. The van der Waals surface area contributed by atoms with E-state index in [1.54, 1.807) is 17.2 Å². The lowest BCUT2D eigenvalue weighted by Crippen LogP contribution is -2.34. The highest BCUT2D eigenvalue weighted by atomic mass is 32.1. The average Bonchev–Trinajstić information content (AvgIpc) is 3.14. The Labute approximate surface area is 141 Å². The molecule has 2 rings (SSSR count). The number of thiazole rings is 1. The van der Waals surface area contributed by atoms with Crippen molar-refractivity contribution in [2.75, 3.05) is 24.7 Å². The number of anilines is 1. The SMILES string of the molecule is CCOC(=O)NC(=O)COC(=O)Cc1csc(N2CCCC2=O)n1. The van der Waals surface area contributed by atoms with Crippen LogP contribution in [0.3, 0.4) is 0 Å². The number of carbonyl (C=O) groups is 4. The van der Waals surface area contributed by atoms with Crippen LogP contribution in [-0.4, -0.2) is 48.6 Å². The fourth-order valence-electron chi connectivity index (χ4n) is 2.01. The summed E-state index contributed by atoms with van der Waals surface area (Å²) in [4.78, 5) is 51.5. The van der Waals surface area contributed by atoms with Crippen molar-refractivity contribution in [1.29, 1.82) is 0 Å². The van der Waals surface area contributed by atoms with Crippen molar-refractivity contribution in [3.63, 3.8) is 0 Å². The van der Waals surface area contributed by atoms with Crippen molar-refractivity contribution in [3.05, 3.63) is 11.1 Å². The first kappa shape index (κ1) is 17.9. The Balaban J connectivity index is 1.76. The van der Waals surface area contributed by atoms with Gasteiger partial charge in [0, 0.05) is 18.3 Å². The number of nitrogens with one attached hydrogen (secondary N) is 1. The van der Waals surface area contributed by atoms with Crippen LogP contribution in [0.15, 0.2) is 5.38 Å². The summed E-state index contributed by atoms with van der Waals surface area (Å²) in [5.41, 5.74) is 0.463. The maximum absolute atomic E-state index is 11.7. The molecule has 1 N–H and O–H groups in total. The van der Waals surface area contributed by atoms with Crippen LogP contribution >= 0.6 is 11.3 Å². The zero-order valence-corrected chi connectivity index (χ0v) is 13.9. The molecule has 1 aromatic rings. The second kappa shape index (κ2) is 8.39. The molecule has 0 atom stereocenters. The Morgan fingerprint density at radius 1 is 1.38 bits per heavy atom. The van der Waals surface area contributed by atoms with Gasteiger partial charge in [0.25, 0.3) is 5.91 Å². The first-order chi connectivity index (χ1) is 11.5. The number of amides is 3. The first-order valence-electron chi connectivity index (χ1n) is 7.36. The van der Waals surface area contributed by atoms with Crippen molar-refractivity contribution in [2.24, 2.45) is 0 Å². The summed E-state index contributed by atoms with van der Waals surface area (Å²) in [5.74, 6) is -1.41. The van der Waals surface area contributed by atoms with Crippen molar-refractivity contribution in [3.8, 4) is 0 Å². The minimum Gasteiger partial charge on any atom is -0.455 e. The number of ether oxygens (including phenoxy) is 2. The molecule has 10 heteroatoms. The predicted octanol–water partition coefficient (Wildman–Crippen LogP) is 0.628. The van der Waals surface area contributed by atoms with Crippen LogP contribution in [0.1, 0.15) is 25.5 Å².